The molecular formula is C26H27N3O2. The van der Waals surface area contributed by atoms with E-state index in [0.717, 1.165) is 33.5 Å². The Morgan fingerprint density at radius 1 is 0.806 bits per heavy atom. The van der Waals surface area contributed by atoms with Crippen LogP contribution in [0.5, 0.6) is 0 Å². The fraction of sp³-hybridized carbons (Fsp3) is 0.192. The third kappa shape index (κ3) is 6.93. The first-order valence-electron chi connectivity index (χ1n) is 10.2. The van der Waals surface area contributed by atoms with Crippen molar-refractivity contribution in [3.63, 3.8) is 0 Å². The molecule has 0 atom stereocenters. The van der Waals surface area contributed by atoms with Gasteiger partial charge in [-0.05, 0) is 60.7 Å². The van der Waals surface area contributed by atoms with Gasteiger partial charge in [-0.2, -0.15) is 5.10 Å². The van der Waals surface area contributed by atoms with Gasteiger partial charge in [-0.15, -0.1) is 0 Å². The molecule has 0 aliphatic heterocycles. The van der Waals surface area contributed by atoms with Gasteiger partial charge in [0.15, 0.2) is 0 Å². The molecule has 2 N–H and O–H groups in total. The van der Waals surface area contributed by atoms with Crippen LogP contribution >= 0.6 is 0 Å². The first-order valence-corrected chi connectivity index (χ1v) is 10.2. The lowest BCUT2D eigenvalue weighted by Gasteiger charge is -2.08. The fourth-order valence-electron chi connectivity index (χ4n) is 3.35. The lowest BCUT2D eigenvalue weighted by molar-refractivity contribution is -0.120. The van der Waals surface area contributed by atoms with Crippen molar-refractivity contribution in [1.29, 1.82) is 0 Å². The topological polar surface area (TPSA) is 70.6 Å². The van der Waals surface area contributed by atoms with Gasteiger partial charge in [0.2, 0.25) is 11.8 Å². The maximum absolute atomic E-state index is 12.2. The van der Waals surface area contributed by atoms with Gasteiger partial charge in [0.05, 0.1) is 12.8 Å². The lowest BCUT2D eigenvalue weighted by Crippen LogP contribution is -2.22. The van der Waals surface area contributed by atoms with E-state index in [0.29, 0.717) is 5.71 Å². The molecule has 0 fully saturated rings. The molecule has 0 radical (unpaired) electrons. The van der Waals surface area contributed by atoms with Gasteiger partial charge in [-0.3, -0.25) is 9.59 Å². The zero-order chi connectivity index (χ0) is 22.2. The normalized spacial score (nSPS) is 11.1. The van der Waals surface area contributed by atoms with E-state index in [1.807, 2.05) is 74.5 Å². The van der Waals surface area contributed by atoms with Crippen LogP contribution in [0.1, 0.15) is 30.0 Å². The van der Waals surface area contributed by atoms with Crippen LogP contribution in [0, 0.1) is 13.8 Å². The summed E-state index contributed by atoms with van der Waals surface area (Å²) in [5.41, 5.74) is 9.15. The number of hydrogen-bond donors (Lipinski definition) is 2. The van der Waals surface area contributed by atoms with Crippen molar-refractivity contribution in [2.75, 3.05) is 5.32 Å². The summed E-state index contributed by atoms with van der Waals surface area (Å²) < 4.78 is 0. The Labute approximate surface area is 183 Å². The molecule has 0 saturated carbocycles. The average Bonchev–Trinajstić information content (AvgIpc) is 2.72. The fourth-order valence-corrected chi connectivity index (χ4v) is 3.35. The molecule has 2 amide bonds. The number of rotatable bonds is 7. The molecule has 0 bridgehead atoms. The van der Waals surface area contributed by atoms with Crippen LogP contribution in [0.4, 0.5) is 5.69 Å². The van der Waals surface area contributed by atoms with Crippen molar-refractivity contribution in [1.82, 2.24) is 5.43 Å². The second-order valence-electron chi connectivity index (χ2n) is 7.72. The quantitative estimate of drug-likeness (QED) is 0.421. The highest BCUT2D eigenvalue weighted by atomic mass is 16.2. The largest absolute Gasteiger partial charge is 0.326 e. The maximum atomic E-state index is 12.2. The van der Waals surface area contributed by atoms with E-state index in [1.165, 1.54) is 0 Å². The van der Waals surface area contributed by atoms with Gasteiger partial charge < -0.3 is 5.32 Å². The standard InChI is InChI=1S/C26H27N3O2/c1-18-13-19(2)15-24(14-18)27-25(30)16-20(3)28-29-26(31)17-21-9-11-23(12-10-21)22-7-5-4-6-8-22/h4-15H,16-17H2,1-3H3,(H,27,30)(H,29,31)/b28-20+. The summed E-state index contributed by atoms with van der Waals surface area (Å²) in [4.78, 5) is 24.4. The molecule has 0 aromatic heterocycles. The summed E-state index contributed by atoms with van der Waals surface area (Å²) in [6, 6.07) is 23.9. The Morgan fingerprint density at radius 3 is 2.06 bits per heavy atom. The molecule has 0 spiro atoms. The molecule has 0 unspecified atom stereocenters. The third-order valence-corrected chi connectivity index (χ3v) is 4.72. The van der Waals surface area contributed by atoms with Gasteiger partial charge in [0.25, 0.3) is 0 Å². The summed E-state index contributed by atoms with van der Waals surface area (Å²) in [6.45, 7) is 5.69. The maximum Gasteiger partial charge on any atom is 0.244 e. The summed E-state index contributed by atoms with van der Waals surface area (Å²) in [5.74, 6) is -0.390. The van der Waals surface area contributed by atoms with Gasteiger partial charge >= 0.3 is 0 Å². The predicted molar refractivity (Wildman–Crippen MR) is 126 cm³/mol. The van der Waals surface area contributed by atoms with Crippen molar-refractivity contribution < 1.29 is 9.59 Å². The van der Waals surface area contributed by atoms with Crippen molar-refractivity contribution in [2.24, 2.45) is 5.10 Å². The van der Waals surface area contributed by atoms with Crippen LogP contribution in [0.2, 0.25) is 0 Å². The molecule has 3 rings (SSSR count). The SMILES string of the molecule is C/C(CC(=O)Nc1cc(C)cc(C)c1)=N\NC(=O)Cc1ccc(-c2ccccc2)cc1. The predicted octanol–water partition coefficient (Wildman–Crippen LogP) is 5.03. The number of hydrogen-bond acceptors (Lipinski definition) is 3. The van der Waals surface area contributed by atoms with E-state index in [1.54, 1.807) is 6.92 Å². The molecule has 3 aromatic carbocycles. The number of amides is 2. The van der Waals surface area contributed by atoms with E-state index < -0.39 is 0 Å². The minimum Gasteiger partial charge on any atom is -0.326 e. The molecule has 5 heteroatoms. The highest BCUT2D eigenvalue weighted by molar-refractivity contribution is 6.05. The van der Waals surface area contributed by atoms with Crippen LogP contribution < -0.4 is 10.7 Å². The number of aryl methyl sites for hydroxylation is 2. The molecular weight excluding hydrogens is 386 g/mol. The highest BCUT2D eigenvalue weighted by Gasteiger charge is 2.07. The Balaban J connectivity index is 1.49. The van der Waals surface area contributed by atoms with Crippen LogP contribution in [0.3, 0.4) is 0 Å². The summed E-state index contributed by atoms with van der Waals surface area (Å²) >= 11 is 0. The monoisotopic (exact) mass is 413 g/mol. The minimum absolute atomic E-state index is 0.110. The van der Waals surface area contributed by atoms with E-state index in [4.69, 9.17) is 0 Å². The molecule has 0 aliphatic carbocycles. The second-order valence-corrected chi connectivity index (χ2v) is 7.72. The highest BCUT2D eigenvalue weighted by Crippen LogP contribution is 2.19. The molecule has 5 nitrogen and oxygen atoms in total. The van der Waals surface area contributed by atoms with Crippen molar-refractivity contribution in [3.8, 4) is 11.1 Å². The molecule has 31 heavy (non-hydrogen) atoms. The molecule has 158 valence electrons. The number of anilines is 1. The van der Waals surface area contributed by atoms with Crippen molar-refractivity contribution in [3.05, 3.63) is 89.5 Å². The summed E-state index contributed by atoms with van der Waals surface area (Å²) in [6.07, 6.45) is 0.333. The second kappa shape index (κ2) is 10.3. The Morgan fingerprint density at radius 2 is 1.42 bits per heavy atom. The molecule has 0 heterocycles. The van der Waals surface area contributed by atoms with E-state index >= 15 is 0 Å². The number of carbonyl (C=O) groups is 2. The number of benzene rings is 3. The van der Waals surface area contributed by atoms with Crippen LogP contribution in [-0.4, -0.2) is 17.5 Å². The number of hydrazone groups is 1. The zero-order valence-corrected chi connectivity index (χ0v) is 18.1. The Bertz CT molecular complexity index is 1070. The first-order chi connectivity index (χ1) is 14.9. The minimum atomic E-state index is -0.221. The summed E-state index contributed by atoms with van der Waals surface area (Å²) in [5, 5.41) is 6.93. The van der Waals surface area contributed by atoms with Gasteiger partial charge in [0.1, 0.15) is 0 Å². The lowest BCUT2D eigenvalue weighted by atomic mass is 10.0. The van der Waals surface area contributed by atoms with Gasteiger partial charge in [-0.25, -0.2) is 5.43 Å². The van der Waals surface area contributed by atoms with Gasteiger partial charge in [-0.1, -0.05) is 60.7 Å². The molecule has 0 aliphatic rings. The Hall–Kier alpha value is -3.73. The van der Waals surface area contributed by atoms with E-state index in [2.05, 4.69) is 28.0 Å². The first kappa shape index (κ1) is 22.0. The smallest absolute Gasteiger partial charge is 0.244 e. The van der Waals surface area contributed by atoms with Crippen LogP contribution in [-0.2, 0) is 16.0 Å². The molecule has 3 aromatic rings. The van der Waals surface area contributed by atoms with E-state index in [-0.39, 0.29) is 24.7 Å². The number of nitrogens with one attached hydrogen (secondary N) is 2. The zero-order valence-electron chi connectivity index (χ0n) is 18.1. The summed E-state index contributed by atoms with van der Waals surface area (Å²) in [7, 11) is 0. The Kier molecular flexibility index (Phi) is 7.33. The third-order valence-electron chi connectivity index (χ3n) is 4.72. The number of nitrogens with zero attached hydrogens (tertiary/aromatic N) is 1. The van der Waals surface area contributed by atoms with Gasteiger partial charge in [0, 0.05) is 11.4 Å². The van der Waals surface area contributed by atoms with Crippen LogP contribution in [0.25, 0.3) is 11.1 Å². The average molecular weight is 414 g/mol. The molecule has 0 saturated heterocycles. The number of carbonyl (C=O) groups excluding carboxylic acids is 2. The van der Waals surface area contributed by atoms with Crippen molar-refractivity contribution >= 4 is 23.2 Å². The van der Waals surface area contributed by atoms with E-state index in [9.17, 15) is 9.59 Å². The van der Waals surface area contributed by atoms with Crippen molar-refractivity contribution in [2.45, 2.75) is 33.6 Å². The van der Waals surface area contributed by atoms with Crippen LogP contribution in [0.15, 0.2) is 77.9 Å².